The molecule has 1 aromatic carbocycles. The normalized spacial score (nSPS) is 19.5. The van der Waals surface area contributed by atoms with Crippen LogP contribution in [0.5, 0.6) is 5.75 Å². The van der Waals surface area contributed by atoms with E-state index in [9.17, 15) is 0 Å². The molecule has 1 unspecified atom stereocenters. The van der Waals surface area contributed by atoms with Crippen molar-refractivity contribution < 1.29 is 4.74 Å². The van der Waals surface area contributed by atoms with Crippen molar-refractivity contribution in [2.45, 2.75) is 32.2 Å². The maximum Gasteiger partial charge on any atom is 0.121 e. The average molecular weight is 259 g/mol. The molecule has 102 valence electrons. The topological polar surface area (TPSA) is 39.1 Å². The Hall–Kier alpha value is -1.55. The summed E-state index contributed by atoms with van der Waals surface area (Å²) in [4.78, 5) is 4.87. The second-order valence-corrected chi connectivity index (χ2v) is 5.48. The monoisotopic (exact) mass is 259 g/mol. The molecule has 0 aliphatic carbocycles. The minimum atomic E-state index is 0.425. The molecular weight excluding hydrogens is 238 g/mol. The van der Waals surface area contributed by atoms with Gasteiger partial charge in [0, 0.05) is 24.6 Å². The Morgan fingerprint density at radius 2 is 2.26 bits per heavy atom. The minimum Gasteiger partial charge on any atom is -0.497 e. The quantitative estimate of drug-likeness (QED) is 0.921. The molecule has 1 N–H and O–H groups in total. The van der Waals surface area contributed by atoms with Crippen molar-refractivity contribution in [3.05, 3.63) is 24.0 Å². The SMILES string of the molecule is COc1ccc2c(c1)nc(C1CCNC1)n2C(C)C. The molecular formula is C15H21N3O. The summed E-state index contributed by atoms with van der Waals surface area (Å²) in [7, 11) is 1.70. The molecule has 0 saturated carbocycles. The van der Waals surface area contributed by atoms with E-state index >= 15 is 0 Å². The van der Waals surface area contributed by atoms with Gasteiger partial charge in [0.05, 0.1) is 18.1 Å². The number of aromatic nitrogens is 2. The molecule has 2 aromatic rings. The van der Waals surface area contributed by atoms with Gasteiger partial charge in [-0.2, -0.15) is 0 Å². The number of methoxy groups -OCH3 is 1. The van der Waals surface area contributed by atoms with Crippen LogP contribution < -0.4 is 10.1 Å². The first-order valence-electron chi connectivity index (χ1n) is 6.97. The summed E-state index contributed by atoms with van der Waals surface area (Å²) in [5.74, 6) is 2.61. The van der Waals surface area contributed by atoms with E-state index in [2.05, 4.69) is 29.8 Å². The highest BCUT2D eigenvalue weighted by Crippen LogP contribution is 2.30. The predicted octanol–water partition coefficient (Wildman–Crippen LogP) is 2.70. The first-order chi connectivity index (χ1) is 9.20. The van der Waals surface area contributed by atoms with Crippen LogP contribution in [0, 0.1) is 0 Å². The standard InChI is InChI=1S/C15H21N3O/c1-10(2)18-14-5-4-12(19-3)8-13(14)17-15(18)11-6-7-16-9-11/h4-5,8,10-11,16H,6-7,9H2,1-3H3. The van der Waals surface area contributed by atoms with Crippen molar-refractivity contribution in [1.29, 1.82) is 0 Å². The molecule has 0 radical (unpaired) electrons. The third-order valence-electron chi connectivity index (χ3n) is 3.87. The van der Waals surface area contributed by atoms with Gasteiger partial charge in [-0.1, -0.05) is 0 Å². The Labute approximate surface area is 113 Å². The van der Waals surface area contributed by atoms with Crippen molar-refractivity contribution in [3.8, 4) is 5.75 Å². The number of benzene rings is 1. The Morgan fingerprint density at radius 3 is 2.89 bits per heavy atom. The average Bonchev–Trinajstić information content (AvgIpc) is 3.04. The summed E-state index contributed by atoms with van der Waals surface area (Å²) in [5.41, 5.74) is 2.24. The highest BCUT2D eigenvalue weighted by Gasteiger charge is 2.24. The van der Waals surface area contributed by atoms with Crippen LogP contribution in [0.1, 0.15) is 38.1 Å². The number of ether oxygens (including phenoxy) is 1. The fourth-order valence-electron chi connectivity index (χ4n) is 2.93. The van der Waals surface area contributed by atoms with Gasteiger partial charge < -0.3 is 14.6 Å². The molecule has 1 aliphatic heterocycles. The summed E-state index contributed by atoms with van der Waals surface area (Å²) >= 11 is 0. The number of nitrogens with one attached hydrogen (secondary N) is 1. The van der Waals surface area contributed by atoms with Gasteiger partial charge in [0.2, 0.25) is 0 Å². The van der Waals surface area contributed by atoms with Gasteiger partial charge in [0.25, 0.3) is 0 Å². The number of rotatable bonds is 3. The first-order valence-corrected chi connectivity index (χ1v) is 6.97. The molecule has 1 aliphatic rings. The van der Waals surface area contributed by atoms with E-state index in [0.29, 0.717) is 12.0 Å². The van der Waals surface area contributed by atoms with E-state index in [1.54, 1.807) is 7.11 Å². The van der Waals surface area contributed by atoms with Gasteiger partial charge in [-0.15, -0.1) is 0 Å². The summed E-state index contributed by atoms with van der Waals surface area (Å²) in [5, 5.41) is 3.43. The zero-order chi connectivity index (χ0) is 13.4. The molecule has 1 aromatic heterocycles. The molecule has 0 bridgehead atoms. The second-order valence-electron chi connectivity index (χ2n) is 5.48. The summed E-state index contributed by atoms with van der Waals surface area (Å²) in [6.07, 6.45) is 1.17. The van der Waals surface area contributed by atoms with Crippen LogP contribution >= 0.6 is 0 Å². The van der Waals surface area contributed by atoms with Crippen LogP contribution in [0.3, 0.4) is 0 Å². The van der Waals surface area contributed by atoms with Gasteiger partial charge in [-0.25, -0.2) is 4.98 Å². The maximum absolute atomic E-state index is 5.30. The van der Waals surface area contributed by atoms with Crippen LogP contribution in [0.25, 0.3) is 11.0 Å². The molecule has 0 spiro atoms. The predicted molar refractivity (Wildman–Crippen MR) is 76.9 cm³/mol. The van der Waals surface area contributed by atoms with Gasteiger partial charge in [0.1, 0.15) is 11.6 Å². The third-order valence-corrected chi connectivity index (χ3v) is 3.87. The maximum atomic E-state index is 5.30. The van der Waals surface area contributed by atoms with E-state index < -0.39 is 0 Å². The molecule has 1 saturated heterocycles. The highest BCUT2D eigenvalue weighted by molar-refractivity contribution is 5.78. The molecule has 4 nitrogen and oxygen atoms in total. The Morgan fingerprint density at radius 1 is 1.42 bits per heavy atom. The molecule has 1 fully saturated rings. The molecule has 1 atom stereocenters. The molecule has 0 amide bonds. The lowest BCUT2D eigenvalue weighted by molar-refractivity contribution is 0.415. The summed E-state index contributed by atoms with van der Waals surface area (Å²) in [6, 6.07) is 6.58. The van der Waals surface area contributed by atoms with Gasteiger partial charge in [0.15, 0.2) is 0 Å². The van der Waals surface area contributed by atoms with Crippen LogP contribution in [0.15, 0.2) is 18.2 Å². The Balaban J connectivity index is 2.16. The summed E-state index contributed by atoms with van der Waals surface area (Å²) < 4.78 is 7.66. The minimum absolute atomic E-state index is 0.425. The van der Waals surface area contributed by atoms with Crippen molar-refractivity contribution in [2.75, 3.05) is 20.2 Å². The smallest absolute Gasteiger partial charge is 0.121 e. The Bertz CT molecular complexity index is 582. The van der Waals surface area contributed by atoms with Crippen molar-refractivity contribution in [2.24, 2.45) is 0 Å². The van der Waals surface area contributed by atoms with Crippen LogP contribution in [-0.2, 0) is 0 Å². The number of imidazole rings is 1. The fraction of sp³-hybridized carbons (Fsp3) is 0.533. The molecule has 3 rings (SSSR count). The number of hydrogen-bond donors (Lipinski definition) is 1. The lowest BCUT2D eigenvalue weighted by atomic mass is 10.1. The van der Waals surface area contributed by atoms with Gasteiger partial charge >= 0.3 is 0 Å². The van der Waals surface area contributed by atoms with Gasteiger partial charge in [-0.3, -0.25) is 0 Å². The lowest BCUT2D eigenvalue weighted by Gasteiger charge is -2.16. The van der Waals surface area contributed by atoms with Crippen LogP contribution in [0.4, 0.5) is 0 Å². The van der Waals surface area contributed by atoms with Crippen molar-refractivity contribution in [3.63, 3.8) is 0 Å². The zero-order valence-electron chi connectivity index (χ0n) is 11.8. The van der Waals surface area contributed by atoms with Gasteiger partial charge in [-0.05, 0) is 38.9 Å². The molecule has 19 heavy (non-hydrogen) atoms. The van der Waals surface area contributed by atoms with E-state index in [1.165, 1.54) is 17.8 Å². The second kappa shape index (κ2) is 4.85. The van der Waals surface area contributed by atoms with E-state index in [4.69, 9.17) is 9.72 Å². The first kappa shape index (κ1) is 12.5. The third kappa shape index (κ3) is 2.10. The van der Waals surface area contributed by atoms with Crippen molar-refractivity contribution in [1.82, 2.24) is 14.9 Å². The lowest BCUT2D eigenvalue weighted by Crippen LogP contribution is -2.14. The van der Waals surface area contributed by atoms with Crippen molar-refractivity contribution >= 4 is 11.0 Å². The highest BCUT2D eigenvalue weighted by atomic mass is 16.5. The van der Waals surface area contributed by atoms with Crippen LogP contribution in [-0.4, -0.2) is 29.8 Å². The number of hydrogen-bond acceptors (Lipinski definition) is 3. The summed E-state index contributed by atoms with van der Waals surface area (Å²) in [6.45, 7) is 6.57. The van der Waals surface area contributed by atoms with E-state index in [1.807, 2.05) is 12.1 Å². The van der Waals surface area contributed by atoms with E-state index in [0.717, 1.165) is 24.4 Å². The van der Waals surface area contributed by atoms with E-state index in [-0.39, 0.29) is 0 Å². The van der Waals surface area contributed by atoms with Crippen LogP contribution in [0.2, 0.25) is 0 Å². The fourth-order valence-corrected chi connectivity index (χ4v) is 2.93. The molecule has 2 heterocycles. The number of nitrogens with zero attached hydrogens (tertiary/aromatic N) is 2. The Kier molecular flexibility index (Phi) is 3.19. The number of fused-ring (bicyclic) bond motifs is 1. The molecule has 4 heteroatoms. The zero-order valence-corrected chi connectivity index (χ0v) is 11.8. The largest absolute Gasteiger partial charge is 0.497 e.